The highest BCUT2D eigenvalue weighted by molar-refractivity contribution is 6.08. The van der Waals surface area contributed by atoms with Crippen molar-refractivity contribution in [3.63, 3.8) is 0 Å². The predicted octanol–water partition coefficient (Wildman–Crippen LogP) is 2.88. The summed E-state index contributed by atoms with van der Waals surface area (Å²) in [4.78, 5) is 15.9. The largest absolute Gasteiger partial charge is 0.480 e. The Labute approximate surface area is 151 Å². The van der Waals surface area contributed by atoms with E-state index in [-0.39, 0.29) is 6.10 Å². The molecule has 3 heterocycles. The molecule has 26 heavy (non-hydrogen) atoms. The number of para-hydroxylation sites is 1. The lowest BCUT2D eigenvalue weighted by molar-refractivity contribution is -0.139. The Morgan fingerprint density at radius 2 is 2.31 bits per heavy atom. The Bertz CT molecular complexity index is 1010. The maximum Gasteiger partial charge on any atom is 0.320 e. The number of ether oxygens (including phenoxy) is 1. The highest BCUT2D eigenvalue weighted by atomic mass is 16.5. The van der Waals surface area contributed by atoms with Gasteiger partial charge in [0.15, 0.2) is 0 Å². The average Bonchev–Trinajstić information content (AvgIpc) is 3.21. The summed E-state index contributed by atoms with van der Waals surface area (Å²) in [7, 11) is 0. The van der Waals surface area contributed by atoms with E-state index in [2.05, 4.69) is 35.6 Å². The number of hydrogen-bond acceptors (Lipinski definition) is 4. The molecule has 1 aliphatic rings. The summed E-state index contributed by atoms with van der Waals surface area (Å²) in [5.41, 5.74) is 2.95. The van der Waals surface area contributed by atoms with Crippen LogP contribution in [0.15, 0.2) is 43.1 Å². The summed E-state index contributed by atoms with van der Waals surface area (Å²) in [5, 5.41) is 14.4. The summed E-state index contributed by atoms with van der Waals surface area (Å²) in [6.45, 7) is 7.07. The monoisotopic (exact) mass is 351 g/mol. The summed E-state index contributed by atoms with van der Waals surface area (Å²) in [5.74, 6) is -0.301. The number of aromatic nitrogens is 2. The van der Waals surface area contributed by atoms with Gasteiger partial charge in [-0.05, 0) is 18.6 Å². The normalized spacial score (nSPS) is 19.9. The van der Waals surface area contributed by atoms with Crippen molar-refractivity contribution in [2.24, 2.45) is 0 Å². The molecule has 2 aromatic heterocycles. The average molecular weight is 351 g/mol. The second-order valence-electron chi connectivity index (χ2n) is 6.69. The van der Waals surface area contributed by atoms with Crippen LogP contribution in [-0.2, 0) is 11.3 Å². The first kappa shape index (κ1) is 16.6. The number of pyridine rings is 1. The molecule has 2 atom stereocenters. The first-order valence-electron chi connectivity index (χ1n) is 8.70. The zero-order chi connectivity index (χ0) is 18.3. The molecule has 0 amide bonds. The number of hydrogen-bond donors (Lipinski definition) is 2. The molecule has 3 aromatic rings. The van der Waals surface area contributed by atoms with Gasteiger partial charge in [-0.3, -0.25) is 4.79 Å². The minimum Gasteiger partial charge on any atom is -0.480 e. The molecule has 0 aliphatic carbocycles. The van der Waals surface area contributed by atoms with Crippen molar-refractivity contribution in [2.75, 3.05) is 6.54 Å². The Morgan fingerprint density at radius 3 is 3.04 bits per heavy atom. The van der Waals surface area contributed by atoms with Gasteiger partial charge in [-0.25, -0.2) is 4.98 Å². The number of carbonyl (C=O) groups is 1. The zero-order valence-electron chi connectivity index (χ0n) is 14.6. The number of fused-ring (bicyclic) bond motifs is 3. The Hall–Kier alpha value is -2.86. The standard InChI is InChI=1S/C20H21N3O3/c1-3-8-23-11-12(2)17-14-6-4-5-7-15(14)22-19(18(17)23)26-13-9-16(20(24)25)21-10-13/h3-7,11,13,16,21H,1,8-10H2,2H3,(H,24,25)/t13-,16+/m1/s1. The van der Waals surface area contributed by atoms with Gasteiger partial charge < -0.3 is 19.7 Å². The third-order valence-corrected chi connectivity index (χ3v) is 4.86. The number of nitrogens with zero attached hydrogens (tertiary/aromatic N) is 2. The second kappa shape index (κ2) is 6.46. The third-order valence-electron chi connectivity index (χ3n) is 4.86. The van der Waals surface area contributed by atoms with Crippen LogP contribution in [0, 0.1) is 6.92 Å². The molecule has 1 aromatic carbocycles. The Balaban J connectivity index is 1.84. The maximum atomic E-state index is 11.2. The molecular formula is C20H21N3O3. The van der Waals surface area contributed by atoms with Crippen LogP contribution in [0.25, 0.3) is 21.8 Å². The Kier molecular flexibility index (Phi) is 4.12. The van der Waals surface area contributed by atoms with Crippen molar-refractivity contribution in [1.29, 1.82) is 0 Å². The van der Waals surface area contributed by atoms with Crippen molar-refractivity contribution in [1.82, 2.24) is 14.9 Å². The van der Waals surface area contributed by atoms with Gasteiger partial charge in [0.2, 0.25) is 5.88 Å². The van der Waals surface area contributed by atoms with Crippen LogP contribution in [-0.4, -0.2) is 39.3 Å². The molecule has 1 aliphatic heterocycles. The summed E-state index contributed by atoms with van der Waals surface area (Å²) >= 11 is 0. The number of allylic oxidation sites excluding steroid dienone is 1. The number of carboxylic acid groups (broad SMARTS) is 1. The van der Waals surface area contributed by atoms with Crippen molar-refractivity contribution in [3.05, 3.63) is 48.7 Å². The van der Waals surface area contributed by atoms with Gasteiger partial charge >= 0.3 is 5.97 Å². The summed E-state index contributed by atoms with van der Waals surface area (Å²) < 4.78 is 8.27. The molecule has 1 fully saturated rings. The number of rotatable bonds is 5. The van der Waals surface area contributed by atoms with Gasteiger partial charge in [0, 0.05) is 36.5 Å². The van der Waals surface area contributed by atoms with Gasteiger partial charge in [-0.2, -0.15) is 0 Å². The first-order valence-corrected chi connectivity index (χ1v) is 8.70. The maximum absolute atomic E-state index is 11.2. The number of aryl methyl sites for hydroxylation is 1. The molecular weight excluding hydrogens is 330 g/mol. The van der Waals surface area contributed by atoms with Gasteiger partial charge in [0.1, 0.15) is 17.7 Å². The predicted molar refractivity (Wildman–Crippen MR) is 101 cm³/mol. The van der Waals surface area contributed by atoms with Crippen molar-refractivity contribution < 1.29 is 14.6 Å². The van der Waals surface area contributed by atoms with E-state index in [4.69, 9.17) is 9.72 Å². The number of carboxylic acids is 1. The molecule has 2 N–H and O–H groups in total. The molecule has 6 nitrogen and oxygen atoms in total. The quantitative estimate of drug-likeness (QED) is 0.691. The molecule has 134 valence electrons. The smallest absolute Gasteiger partial charge is 0.320 e. The van der Waals surface area contributed by atoms with E-state index >= 15 is 0 Å². The molecule has 0 radical (unpaired) electrons. The van der Waals surface area contributed by atoms with Gasteiger partial charge in [-0.1, -0.05) is 24.3 Å². The van der Waals surface area contributed by atoms with E-state index < -0.39 is 12.0 Å². The molecule has 6 heteroatoms. The van der Waals surface area contributed by atoms with Crippen molar-refractivity contribution in [3.8, 4) is 5.88 Å². The van der Waals surface area contributed by atoms with E-state index in [0.717, 1.165) is 27.4 Å². The lowest BCUT2D eigenvalue weighted by Crippen LogP contribution is -2.30. The van der Waals surface area contributed by atoms with Crippen LogP contribution < -0.4 is 10.1 Å². The minimum atomic E-state index is -0.849. The topological polar surface area (TPSA) is 76.4 Å². The molecule has 4 rings (SSSR count). The van der Waals surface area contributed by atoms with E-state index in [1.54, 1.807) is 0 Å². The number of nitrogens with one attached hydrogen (secondary N) is 1. The second-order valence-corrected chi connectivity index (χ2v) is 6.69. The number of benzene rings is 1. The van der Waals surface area contributed by atoms with Gasteiger partial charge in [0.05, 0.1) is 5.52 Å². The highest BCUT2D eigenvalue weighted by Gasteiger charge is 2.31. The fourth-order valence-corrected chi connectivity index (χ4v) is 3.71. The highest BCUT2D eigenvalue weighted by Crippen LogP contribution is 2.35. The van der Waals surface area contributed by atoms with E-state index in [1.807, 2.05) is 24.3 Å². The summed E-state index contributed by atoms with van der Waals surface area (Å²) in [6, 6.07) is 7.43. The van der Waals surface area contributed by atoms with Gasteiger partial charge in [-0.15, -0.1) is 6.58 Å². The van der Waals surface area contributed by atoms with Crippen molar-refractivity contribution >= 4 is 27.8 Å². The minimum absolute atomic E-state index is 0.222. The van der Waals surface area contributed by atoms with Crippen LogP contribution in [0.3, 0.4) is 0 Å². The Morgan fingerprint density at radius 1 is 1.50 bits per heavy atom. The lowest BCUT2D eigenvalue weighted by atomic mass is 10.1. The third kappa shape index (κ3) is 2.72. The fourth-order valence-electron chi connectivity index (χ4n) is 3.71. The molecule has 0 unspecified atom stereocenters. The first-order chi connectivity index (χ1) is 12.6. The van der Waals surface area contributed by atoms with E-state index in [1.165, 1.54) is 0 Å². The van der Waals surface area contributed by atoms with Crippen LogP contribution in [0.5, 0.6) is 5.88 Å². The molecule has 0 bridgehead atoms. The van der Waals surface area contributed by atoms with Crippen LogP contribution in [0.4, 0.5) is 0 Å². The van der Waals surface area contributed by atoms with Crippen LogP contribution >= 0.6 is 0 Å². The lowest BCUT2D eigenvalue weighted by Gasteiger charge is -2.15. The van der Waals surface area contributed by atoms with Gasteiger partial charge in [0.25, 0.3) is 0 Å². The molecule has 1 saturated heterocycles. The van der Waals surface area contributed by atoms with Crippen LogP contribution in [0.2, 0.25) is 0 Å². The zero-order valence-corrected chi connectivity index (χ0v) is 14.6. The fraction of sp³-hybridized carbons (Fsp3) is 0.300. The van der Waals surface area contributed by atoms with Crippen LogP contribution in [0.1, 0.15) is 12.0 Å². The van der Waals surface area contributed by atoms with Crippen molar-refractivity contribution in [2.45, 2.75) is 32.0 Å². The molecule has 0 spiro atoms. The molecule has 0 saturated carbocycles. The SMILES string of the molecule is C=CCn1cc(C)c2c3ccccc3nc(O[C@H]3CN[C@H](C(=O)O)C3)c21. The number of aliphatic carboxylic acids is 1. The van der Waals surface area contributed by atoms with E-state index in [0.29, 0.717) is 25.4 Å². The summed E-state index contributed by atoms with van der Waals surface area (Å²) in [6.07, 6.45) is 4.13. The van der Waals surface area contributed by atoms with E-state index in [9.17, 15) is 9.90 Å².